The standard InChI is InChI=1S/C17H16FN3O4/c1-23-15-8-12-16(21-17(15)24-2)14(5-6-19-12)25-13-4-3-10(20-9-22)7-11(13)18/h3-8,20,22H,9H2,1-2H3. The Balaban J connectivity index is 2.01. The number of halogens is 1. The molecule has 0 radical (unpaired) electrons. The summed E-state index contributed by atoms with van der Waals surface area (Å²) in [4.78, 5) is 8.55. The van der Waals surface area contributed by atoms with Gasteiger partial charge in [-0.05, 0) is 12.1 Å². The Morgan fingerprint density at radius 3 is 2.60 bits per heavy atom. The van der Waals surface area contributed by atoms with Crippen molar-refractivity contribution in [2.45, 2.75) is 0 Å². The number of aliphatic hydroxyl groups is 1. The molecule has 0 aliphatic heterocycles. The van der Waals surface area contributed by atoms with Gasteiger partial charge in [0.25, 0.3) is 5.88 Å². The average Bonchev–Trinajstić information content (AvgIpc) is 2.63. The summed E-state index contributed by atoms with van der Waals surface area (Å²) < 4.78 is 30.3. The minimum atomic E-state index is -0.580. The minimum absolute atomic E-state index is 0.0209. The number of ether oxygens (including phenoxy) is 3. The molecule has 3 rings (SSSR count). The molecule has 130 valence electrons. The van der Waals surface area contributed by atoms with Gasteiger partial charge < -0.3 is 24.6 Å². The molecule has 3 aromatic rings. The fourth-order valence-electron chi connectivity index (χ4n) is 2.29. The van der Waals surface area contributed by atoms with Crippen LogP contribution in [0.4, 0.5) is 10.1 Å². The van der Waals surface area contributed by atoms with Gasteiger partial charge in [0, 0.05) is 30.1 Å². The van der Waals surface area contributed by atoms with Crippen molar-refractivity contribution in [2.75, 3.05) is 26.3 Å². The lowest BCUT2D eigenvalue weighted by molar-refractivity contribution is 0.325. The Bertz CT molecular complexity index is 904. The molecule has 1 aromatic carbocycles. The molecule has 7 nitrogen and oxygen atoms in total. The number of fused-ring (bicyclic) bond motifs is 1. The summed E-state index contributed by atoms with van der Waals surface area (Å²) in [5.74, 6) is 0.477. The summed E-state index contributed by atoms with van der Waals surface area (Å²) in [7, 11) is 2.98. The van der Waals surface area contributed by atoms with Crippen molar-refractivity contribution < 1.29 is 23.7 Å². The largest absolute Gasteiger partial charge is 0.491 e. The number of aromatic nitrogens is 2. The Hall–Kier alpha value is -3.13. The van der Waals surface area contributed by atoms with Crippen molar-refractivity contribution >= 4 is 16.7 Å². The highest BCUT2D eigenvalue weighted by Crippen LogP contribution is 2.34. The molecular formula is C17H16FN3O4. The maximum absolute atomic E-state index is 14.2. The molecule has 2 N–H and O–H groups in total. The molecule has 0 saturated carbocycles. The second kappa shape index (κ2) is 7.18. The zero-order valence-corrected chi connectivity index (χ0v) is 13.6. The zero-order valence-electron chi connectivity index (χ0n) is 13.6. The Kier molecular flexibility index (Phi) is 4.80. The molecule has 0 aliphatic rings. The molecule has 0 unspecified atom stereocenters. The number of benzene rings is 1. The van der Waals surface area contributed by atoms with E-state index in [1.54, 1.807) is 18.2 Å². The van der Waals surface area contributed by atoms with Crippen LogP contribution in [-0.4, -0.2) is 36.0 Å². The summed E-state index contributed by atoms with van der Waals surface area (Å²) >= 11 is 0. The molecule has 0 saturated heterocycles. The molecule has 0 bridgehead atoms. The highest BCUT2D eigenvalue weighted by molar-refractivity contribution is 5.83. The van der Waals surface area contributed by atoms with E-state index in [1.807, 2.05) is 0 Å². The van der Waals surface area contributed by atoms with Crippen LogP contribution in [0, 0.1) is 5.82 Å². The lowest BCUT2D eigenvalue weighted by atomic mass is 10.2. The van der Waals surface area contributed by atoms with Crippen molar-refractivity contribution in [3.8, 4) is 23.1 Å². The van der Waals surface area contributed by atoms with E-state index in [0.29, 0.717) is 28.2 Å². The van der Waals surface area contributed by atoms with E-state index in [1.165, 1.54) is 32.5 Å². The molecule has 0 aliphatic carbocycles. The molecule has 0 amide bonds. The van der Waals surface area contributed by atoms with Crippen LogP contribution >= 0.6 is 0 Å². The van der Waals surface area contributed by atoms with Crippen LogP contribution in [0.5, 0.6) is 23.1 Å². The van der Waals surface area contributed by atoms with Crippen LogP contribution in [0.15, 0.2) is 36.5 Å². The minimum Gasteiger partial charge on any atom is -0.491 e. The quantitative estimate of drug-likeness (QED) is 0.664. The lowest BCUT2D eigenvalue weighted by Gasteiger charge is -2.12. The normalized spacial score (nSPS) is 10.6. The van der Waals surface area contributed by atoms with E-state index in [0.717, 1.165) is 0 Å². The fraction of sp³-hybridized carbons (Fsp3) is 0.176. The van der Waals surface area contributed by atoms with E-state index < -0.39 is 5.82 Å². The molecule has 0 atom stereocenters. The van der Waals surface area contributed by atoms with E-state index >= 15 is 0 Å². The van der Waals surface area contributed by atoms with E-state index in [2.05, 4.69) is 15.3 Å². The highest BCUT2D eigenvalue weighted by Gasteiger charge is 2.14. The summed E-state index contributed by atoms with van der Waals surface area (Å²) in [6.45, 7) is -0.291. The van der Waals surface area contributed by atoms with Crippen LogP contribution in [0.3, 0.4) is 0 Å². The smallest absolute Gasteiger partial charge is 0.257 e. The Morgan fingerprint density at radius 2 is 1.92 bits per heavy atom. The molecule has 0 spiro atoms. The number of rotatable bonds is 6. The maximum atomic E-state index is 14.2. The Labute approximate surface area is 143 Å². The third kappa shape index (κ3) is 3.38. The third-order valence-electron chi connectivity index (χ3n) is 3.46. The fourth-order valence-corrected chi connectivity index (χ4v) is 2.29. The average molecular weight is 345 g/mol. The summed E-state index contributed by atoms with van der Waals surface area (Å²) in [6.07, 6.45) is 1.53. The van der Waals surface area contributed by atoms with Crippen LogP contribution in [-0.2, 0) is 0 Å². The number of nitrogens with zero attached hydrogens (tertiary/aromatic N) is 2. The van der Waals surface area contributed by atoms with Gasteiger partial charge in [-0.1, -0.05) is 0 Å². The molecule has 8 heteroatoms. The highest BCUT2D eigenvalue weighted by atomic mass is 19.1. The van der Waals surface area contributed by atoms with Crippen molar-refractivity contribution in [2.24, 2.45) is 0 Å². The van der Waals surface area contributed by atoms with E-state index in [9.17, 15) is 4.39 Å². The molecular weight excluding hydrogens is 329 g/mol. The van der Waals surface area contributed by atoms with Crippen LogP contribution < -0.4 is 19.5 Å². The second-order valence-corrected chi connectivity index (χ2v) is 4.96. The number of methoxy groups -OCH3 is 2. The number of hydrogen-bond donors (Lipinski definition) is 2. The number of nitrogens with one attached hydrogen (secondary N) is 1. The van der Waals surface area contributed by atoms with Crippen molar-refractivity contribution in [1.29, 1.82) is 0 Å². The van der Waals surface area contributed by atoms with E-state index in [-0.39, 0.29) is 18.4 Å². The van der Waals surface area contributed by atoms with Crippen molar-refractivity contribution in [3.05, 3.63) is 42.3 Å². The van der Waals surface area contributed by atoms with Gasteiger partial charge >= 0.3 is 0 Å². The van der Waals surface area contributed by atoms with Crippen LogP contribution in [0.25, 0.3) is 11.0 Å². The maximum Gasteiger partial charge on any atom is 0.257 e. The summed E-state index contributed by atoms with van der Waals surface area (Å²) in [5.41, 5.74) is 1.38. The van der Waals surface area contributed by atoms with Crippen molar-refractivity contribution in [3.63, 3.8) is 0 Å². The van der Waals surface area contributed by atoms with Crippen LogP contribution in [0.2, 0.25) is 0 Å². The van der Waals surface area contributed by atoms with Gasteiger partial charge in [0.05, 0.1) is 19.7 Å². The molecule has 0 fully saturated rings. The monoisotopic (exact) mass is 345 g/mol. The topological polar surface area (TPSA) is 85.7 Å². The predicted molar refractivity (Wildman–Crippen MR) is 89.8 cm³/mol. The van der Waals surface area contributed by atoms with Gasteiger partial charge in [0.15, 0.2) is 23.1 Å². The SMILES string of the molecule is COc1cc2nccc(Oc3ccc(NCO)cc3F)c2nc1OC. The van der Waals surface area contributed by atoms with Gasteiger partial charge in [-0.25, -0.2) is 9.37 Å². The first-order valence-corrected chi connectivity index (χ1v) is 7.36. The number of anilines is 1. The van der Waals surface area contributed by atoms with Gasteiger partial charge in [0.1, 0.15) is 12.2 Å². The Morgan fingerprint density at radius 1 is 1.08 bits per heavy atom. The predicted octanol–water partition coefficient (Wildman–Crippen LogP) is 2.94. The van der Waals surface area contributed by atoms with Gasteiger partial charge in [-0.15, -0.1) is 0 Å². The lowest BCUT2D eigenvalue weighted by Crippen LogP contribution is -2.00. The van der Waals surface area contributed by atoms with Crippen LogP contribution in [0.1, 0.15) is 0 Å². The molecule has 25 heavy (non-hydrogen) atoms. The van der Waals surface area contributed by atoms with E-state index in [4.69, 9.17) is 19.3 Å². The molecule has 2 aromatic heterocycles. The first-order chi connectivity index (χ1) is 12.2. The molecule has 2 heterocycles. The van der Waals surface area contributed by atoms with Gasteiger partial charge in [0.2, 0.25) is 0 Å². The number of hydrogen-bond acceptors (Lipinski definition) is 7. The number of aliphatic hydroxyl groups excluding tert-OH is 1. The first kappa shape index (κ1) is 16.7. The first-order valence-electron chi connectivity index (χ1n) is 7.36. The van der Waals surface area contributed by atoms with Gasteiger partial charge in [-0.2, -0.15) is 0 Å². The van der Waals surface area contributed by atoms with Gasteiger partial charge in [-0.3, -0.25) is 4.98 Å². The van der Waals surface area contributed by atoms with Crippen molar-refractivity contribution in [1.82, 2.24) is 9.97 Å². The number of pyridine rings is 2. The third-order valence-corrected chi connectivity index (χ3v) is 3.46. The summed E-state index contributed by atoms with van der Waals surface area (Å²) in [5, 5.41) is 11.4. The summed E-state index contributed by atoms with van der Waals surface area (Å²) in [6, 6.07) is 7.53. The second-order valence-electron chi connectivity index (χ2n) is 4.96. The zero-order chi connectivity index (χ0) is 17.8.